The molecule has 30 heavy (non-hydrogen) atoms. The average molecular weight is 515 g/mol. The Morgan fingerprint density at radius 2 is 1.97 bits per heavy atom. The fraction of sp³-hybridized carbons (Fsp3) is 0.364. The van der Waals surface area contributed by atoms with Gasteiger partial charge in [0.05, 0.1) is 22.2 Å². The van der Waals surface area contributed by atoms with Crippen molar-refractivity contribution in [3.8, 4) is 11.1 Å². The zero-order chi connectivity index (χ0) is 22.4. The van der Waals surface area contributed by atoms with E-state index in [1.165, 1.54) is 18.4 Å². The Morgan fingerprint density at radius 3 is 2.57 bits per heavy atom. The van der Waals surface area contributed by atoms with Gasteiger partial charge in [0.2, 0.25) is 0 Å². The largest absolute Gasteiger partial charge is 0.467 e. The van der Waals surface area contributed by atoms with E-state index in [2.05, 4.69) is 15.9 Å². The predicted molar refractivity (Wildman–Crippen MR) is 123 cm³/mol. The molecule has 0 unspecified atom stereocenters. The van der Waals surface area contributed by atoms with Crippen molar-refractivity contribution in [1.29, 1.82) is 0 Å². The molecule has 0 saturated heterocycles. The summed E-state index contributed by atoms with van der Waals surface area (Å²) in [6.07, 6.45) is -1.05. The van der Waals surface area contributed by atoms with E-state index in [9.17, 15) is 9.18 Å². The maximum atomic E-state index is 14.7. The monoisotopic (exact) mass is 513 g/mol. The summed E-state index contributed by atoms with van der Waals surface area (Å²) in [5.41, 5.74) is 1.56. The van der Waals surface area contributed by atoms with Crippen LogP contribution >= 0.6 is 38.9 Å². The standard InChI is InChI=1S/C22H22BrClFNO3S/c1-10-9-13-16(12-7-8-14(23)18(25)17(12)24)15(11(2)26-20(13)30-10)19(21(27)28-6)29-22(3,4)5/h7-9,19H,1-6H3/t19-/m0/s1. The predicted octanol–water partition coefficient (Wildman–Crippen LogP) is 7.16. The van der Waals surface area contributed by atoms with Crippen LogP contribution in [0.2, 0.25) is 5.02 Å². The highest BCUT2D eigenvalue weighted by Crippen LogP contribution is 2.45. The maximum absolute atomic E-state index is 14.7. The van der Waals surface area contributed by atoms with Crippen LogP contribution in [0.1, 0.15) is 43.0 Å². The SMILES string of the molecule is COC(=O)[C@@H](OC(C)(C)C)c1c(C)nc2sc(C)cc2c1-c1ccc(Br)c(F)c1Cl. The summed E-state index contributed by atoms with van der Waals surface area (Å²) in [6, 6.07) is 5.29. The summed E-state index contributed by atoms with van der Waals surface area (Å²) < 4.78 is 26.1. The Bertz CT molecular complexity index is 1140. The number of carbonyl (C=O) groups excluding carboxylic acids is 1. The second-order valence-corrected chi connectivity index (χ2v) is 10.4. The normalized spacial score (nSPS) is 13.0. The molecule has 0 spiro atoms. The van der Waals surface area contributed by atoms with Gasteiger partial charge in [-0.15, -0.1) is 11.3 Å². The van der Waals surface area contributed by atoms with Gasteiger partial charge in [0.15, 0.2) is 11.9 Å². The van der Waals surface area contributed by atoms with Gasteiger partial charge in [-0.3, -0.25) is 0 Å². The first-order valence-electron chi connectivity index (χ1n) is 9.24. The molecule has 1 atom stereocenters. The molecule has 8 heteroatoms. The number of halogens is 3. The van der Waals surface area contributed by atoms with Crippen molar-refractivity contribution in [1.82, 2.24) is 4.98 Å². The molecule has 160 valence electrons. The zero-order valence-electron chi connectivity index (χ0n) is 17.5. The Hall–Kier alpha value is -1.54. The molecular formula is C22H22BrClFNO3S. The first-order chi connectivity index (χ1) is 13.9. The molecule has 0 radical (unpaired) electrons. The van der Waals surface area contributed by atoms with E-state index in [1.54, 1.807) is 19.1 Å². The highest BCUT2D eigenvalue weighted by molar-refractivity contribution is 9.10. The van der Waals surface area contributed by atoms with Crippen molar-refractivity contribution < 1.29 is 18.7 Å². The van der Waals surface area contributed by atoms with E-state index in [0.717, 1.165) is 15.1 Å². The molecule has 0 aliphatic heterocycles. The molecule has 0 bridgehead atoms. The maximum Gasteiger partial charge on any atom is 0.339 e. The van der Waals surface area contributed by atoms with Gasteiger partial charge >= 0.3 is 5.97 Å². The van der Waals surface area contributed by atoms with Crippen LogP contribution in [-0.4, -0.2) is 23.7 Å². The third kappa shape index (κ3) is 4.40. The number of carbonyl (C=O) groups is 1. The van der Waals surface area contributed by atoms with Crippen LogP contribution in [0.4, 0.5) is 4.39 Å². The number of methoxy groups -OCH3 is 1. The number of hydrogen-bond donors (Lipinski definition) is 0. The van der Waals surface area contributed by atoms with Crippen molar-refractivity contribution in [2.45, 2.75) is 46.3 Å². The number of nitrogens with zero attached hydrogens (tertiary/aromatic N) is 1. The van der Waals surface area contributed by atoms with Crippen LogP contribution in [0.25, 0.3) is 21.3 Å². The summed E-state index contributed by atoms with van der Waals surface area (Å²) in [6.45, 7) is 9.33. The van der Waals surface area contributed by atoms with Gasteiger partial charge < -0.3 is 9.47 Å². The molecule has 0 fully saturated rings. The van der Waals surface area contributed by atoms with Crippen LogP contribution in [0, 0.1) is 19.7 Å². The number of pyridine rings is 1. The number of benzene rings is 1. The summed E-state index contributed by atoms with van der Waals surface area (Å²) in [4.78, 5) is 19.3. The quantitative estimate of drug-likeness (QED) is 0.274. The Balaban J connectivity index is 2.45. The molecule has 2 heterocycles. The molecule has 2 aromatic heterocycles. The first kappa shape index (κ1) is 23.1. The molecule has 0 amide bonds. The van der Waals surface area contributed by atoms with E-state index in [1.807, 2.05) is 33.8 Å². The van der Waals surface area contributed by atoms with Gasteiger partial charge in [-0.05, 0) is 62.7 Å². The van der Waals surface area contributed by atoms with Crippen molar-refractivity contribution in [2.24, 2.45) is 0 Å². The molecule has 3 rings (SSSR count). The van der Waals surface area contributed by atoms with E-state index >= 15 is 0 Å². The van der Waals surface area contributed by atoms with E-state index in [0.29, 0.717) is 22.4 Å². The first-order valence-corrected chi connectivity index (χ1v) is 11.2. The van der Waals surface area contributed by atoms with Gasteiger partial charge in [0, 0.05) is 32.6 Å². The highest BCUT2D eigenvalue weighted by atomic mass is 79.9. The lowest BCUT2D eigenvalue weighted by atomic mass is 9.92. The van der Waals surface area contributed by atoms with Crippen molar-refractivity contribution >= 4 is 55.1 Å². The second kappa shape index (κ2) is 8.54. The number of ether oxygens (including phenoxy) is 2. The summed E-state index contributed by atoms with van der Waals surface area (Å²) in [5.74, 6) is -1.13. The number of esters is 1. The third-order valence-corrected chi connectivity index (χ3v) is 6.41. The Labute approximate surface area is 192 Å². The number of rotatable bonds is 4. The Kier molecular flexibility index (Phi) is 6.58. The molecule has 4 nitrogen and oxygen atoms in total. The molecule has 0 N–H and O–H groups in total. The summed E-state index contributed by atoms with van der Waals surface area (Å²) in [5, 5.41) is 0.744. The smallest absolute Gasteiger partial charge is 0.339 e. The molecule has 3 aromatic rings. The van der Waals surface area contributed by atoms with Crippen LogP contribution < -0.4 is 0 Å². The van der Waals surface area contributed by atoms with E-state index in [4.69, 9.17) is 26.1 Å². The Morgan fingerprint density at radius 1 is 1.30 bits per heavy atom. The van der Waals surface area contributed by atoms with Crippen LogP contribution in [0.15, 0.2) is 22.7 Å². The summed E-state index contributed by atoms with van der Waals surface area (Å²) >= 11 is 11.1. The minimum atomic E-state index is -1.05. The van der Waals surface area contributed by atoms with E-state index in [-0.39, 0.29) is 9.50 Å². The lowest BCUT2D eigenvalue weighted by molar-refractivity contribution is -0.164. The van der Waals surface area contributed by atoms with Crippen molar-refractivity contribution in [3.63, 3.8) is 0 Å². The minimum Gasteiger partial charge on any atom is -0.467 e. The van der Waals surface area contributed by atoms with Crippen LogP contribution in [0.3, 0.4) is 0 Å². The number of thiophene rings is 1. The summed E-state index contributed by atoms with van der Waals surface area (Å²) in [7, 11) is 1.31. The highest BCUT2D eigenvalue weighted by Gasteiger charge is 2.34. The van der Waals surface area contributed by atoms with Gasteiger partial charge in [-0.1, -0.05) is 17.7 Å². The van der Waals surface area contributed by atoms with Gasteiger partial charge in [0.1, 0.15) is 4.83 Å². The van der Waals surface area contributed by atoms with Crippen molar-refractivity contribution in [2.75, 3.05) is 7.11 Å². The lowest BCUT2D eigenvalue weighted by Crippen LogP contribution is -2.29. The molecular weight excluding hydrogens is 493 g/mol. The van der Waals surface area contributed by atoms with E-state index < -0.39 is 23.5 Å². The number of fused-ring (bicyclic) bond motifs is 1. The zero-order valence-corrected chi connectivity index (χ0v) is 20.7. The average Bonchev–Trinajstić information content (AvgIpc) is 3.02. The topological polar surface area (TPSA) is 48.4 Å². The molecule has 0 aliphatic carbocycles. The third-order valence-electron chi connectivity index (χ3n) is 4.49. The fourth-order valence-electron chi connectivity index (χ4n) is 3.32. The molecule has 0 aliphatic rings. The minimum absolute atomic E-state index is 0.0410. The fourth-order valence-corrected chi connectivity index (χ4v) is 4.96. The number of aryl methyl sites for hydroxylation is 2. The van der Waals surface area contributed by atoms with Crippen molar-refractivity contribution in [3.05, 3.63) is 49.6 Å². The second-order valence-electron chi connectivity index (χ2n) is 7.92. The van der Waals surface area contributed by atoms with Gasteiger partial charge in [-0.2, -0.15) is 0 Å². The van der Waals surface area contributed by atoms with Crippen LogP contribution in [0.5, 0.6) is 0 Å². The molecule has 0 saturated carbocycles. The van der Waals surface area contributed by atoms with Crippen LogP contribution in [-0.2, 0) is 14.3 Å². The van der Waals surface area contributed by atoms with Gasteiger partial charge in [-0.25, -0.2) is 14.2 Å². The number of aromatic nitrogens is 1. The lowest BCUT2D eigenvalue weighted by Gasteiger charge is -2.28. The van der Waals surface area contributed by atoms with Gasteiger partial charge in [0.25, 0.3) is 0 Å². The molecule has 1 aromatic carbocycles. The number of hydrogen-bond acceptors (Lipinski definition) is 5.